The molecule has 0 fully saturated rings. The van der Waals surface area contributed by atoms with Crippen molar-refractivity contribution in [3.8, 4) is 11.5 Å². The molecule has 2 N–H and O–H groups in total. The molecule has 0 spiro atoms. The fraction of sp³-hybridized carbons (Fsp3) is 0.167. The fourth-order valence-corrected chi connectivity index (χ4v) is 1.65. The summed E-state index contributed by atoms with van der Waals surface area (Å²) in [5, 5.41) is 8.54. The summed E-state index contributed by atoms with van der Waals surface area (Å²) in [6.07, 6.45) is -5.00. The minimum Gasteiger partial charge on any atom is -0.449 e. The molecule has 1 aromatic heterocycles. The van der Waals surface area contributed by atoms with Gasteiger partial charge in [0.15, 0.2) is 5.69 Å². The van der Waals surface area contributed by atoms with Gasteiger partial charge in [-0.15, -0.1) is 0 Å². The van der Waals surface area contributed by atoms with Crippen LogP contribution in [0.4, 0.5) is 17.6 Å². The maximum atomic E-state index is 13.3. The minimum atomic E-state index is -5.00. The molecular weight excluding hydrogens is 332 g/mol. The van der Waals surface area contributed by atoms with Crippen molar-refractivity contribution in [3.63, 3.8) is 0 Å². The average Bonchev–Trinajstić information content (AvgIpc) is 2.43. The van der Waals surface area contributed by atoms with E-state index in [-0.39, 0.29) is 10.8 Å². The van der Waals surface area contributed by atoms with Gasteiger partial charge in [0.2, 0.25) is 5.75 Å². The molecule has 0 saturated heterocycles. The van der Waals surface area contributed by atoms with Crippen LogP contribution in [0.15, 0.2) is 23.0 Å². The number of benzene rings is 1. The highest BCUT2D eigenvalue weighted by molar-refractivity contribution is 6.30. The average molecular weight is 339 g/mol. The molecule has 10 heteroatoms. The van der Waals surface area contributed by atoms with Gasteiger partial charge in [0.25, 0.3) is 5.56 Å². The highest BCUT2D eigenvalue weighted by Crippen LogP contribution is 2.35. The normalized spacial score (nSPS) is 11.5. The summed E-state index contributed by atoms with van der Waals surface area (Å²) < 4.78 is 56.8. The van der Waals surface area contributed by atoms with Crippen molar-refractivity contribution in [1.82, 2.24) is 9.97 Å². The molecule has 0 saturated carbocycles. The highest BCUT2D eigenvalue weighted by Gasteiger charge is 2.39. The molecule has 5 nitrogen and oxygen atoms in total. The number of aliphatic hydroxyl groups excluding tert-OH is 1. The first kappa shape index (κ1) is 16.2. The smallest absolute Gasteiger partial charge is 0.437 e. The Labute approximate surface area is 125 Å². The van der Waals surface area contributed by atoms with Gasteiger partial charge in [-0.1, -0.05) is 11.6 Å². The van der Waals surface area contributed by atoms with Gasteiger partial charge in [-0.25, -0.2) is 9.37 Å². The van der Waals surface area contributed by atoms with Gasteiger partial charge in [0.1, 0.15) is 24.0 Å². The zero-order valence-electron chi connectivity index (χ0n) is 10.5. The molecular formula is C12H7ClF4N2O3. The number of nitrogens with zero attached hydrogens (tertiary/aromatic N) is 1. The fourth-order valence-electron chi connectivity index (χ4n) is 1.53. The van der Waals surface area contributed by atoms with Crippen molar-refractivity contribution in [2.45, 2.75) is 12.8 Å². The molecule has 0 aliphatic rings. The molecule has 2 aromatic rings. The molecule has 0 radical (unpaired) electrons. The number of H-pyrrole nitrogens is 1. The van der Waals surface area contributed by atoms with Crippen LogP contribution in [0.1, 0.15) is 11.5 Å². The Balaban J connectivity index is 2.54. The van der Waals surface area contributed by atoms with Gasteiger partial charge >= 0.3 is 6.18 Å². The minimum absolute atomic E-state index is 0.258. The SMILES string of the molecule is O=c1[nH]c(CO)nc(C(F)(F)F)c1Oc1ccc(Cl)c(F)c1. The van der Waals surface area contributed by atoms with Gasteiger partial charge in [0, 0.05) is 6.07 Å². The van der Waals surface area contributed by atoms with E-state index in [1.54, 1.807) is 0 Å². The molecule has 1 aromatic carbocycles. The number of halogens is 5. The summed E-state index contributed by atoms with van der Waals surface area (Å²) in [7, 11) is 0. The first-order valence-electron chi connectivity index (χ1n) is 5.66. The second-order valence-electron chi connectivity index (χ2n) is 4.02. The molecule has 0 bridgehead atoms. The standard InChI is InChI=1S/C12H7ClF4N2O3/c13-6-2-1-5(3-7(6)14)22-9-10(12(15,16)17)18-8(4-20)19-11(9)21/h1-3,20H,4H2,(H,18,19,21). The van der Waals surface area contributed by atoms with Crippen LogP contribution < -0.4 is 10.3 Å². The van der Waals surface area contributed by atoms with Crippen LogP contribution in [0.5, 0.6) is 11.5 Å². The second kappa shape index (κ2) is 5.93. The van der Waals surface area contributed by atoms with Gasteiger partial charge in [-0.05, 0) is 12.1 Å². The van der Waals surface area contributed by atoms with E-state index in [1.807, 2.05) is 4.98 Å². The van der Waals surface area contributed by atoms with Crippen LogP contribution in [-0.4, -0.2) is 15.1 Å². The van der Waals surface area contributed by atoms with Crippen LogP contribution in [-0.2, 0) is 12.8 Å². The van der Waals surface area contributed by atoms with E-state index >= 15 is 0 Å². The molecule has 0 aliphatic carbocycles. The summed E-state index contributed by atoms with van der Waals surface area (Å²) in [4.78, 5) is 16.7. The molecule has 118 valence electrons. The Kier molecular flexibility index (Phi) is 4.38. The molecule has 2 rings (SSSR count). The van der Waals surface area contributed by atoms with Crippen molar-refractivity contribution >= 4 is 11.6 Å². The Morgan fingerprint density at radius 1 is 1.36 bits per heavy atom. The molecule has 0 amide bonds. The monoisotopic (exact) mass is 338 g/mol. The van der Waals surface area contributed by atoms with Crippen LogP contribution in [0.25, 0.3) is 0 Å². The third-order valence-corrected chi connectivity index (χ3v) is 2.76. The number of hydrogen-bond acceptors (Lipinski definition) is 4. The molecule has 22 heavy (non-hydrogen) atoms. The third kappa shape index (κ3) is 3.37. The maximum Gasteiger partial charge on any atom is 0.437 e. The summed E-state index contributed by atoms with van der Waals surface area (Å²) in [6, 6.07) is 2.87. The Morgan fingerprint density at radius 2 is 2.05 bits per heavy atom. The predicted molar refractivity (Wildman–Crippen MR) is 67.3 cm³/mol. The van der Waals surface area contributed by atoms with E-state index in [1.165, 1.54) is 0 Å². The van der Waals surface area contributed by atoms with Crippen molar-refractivity contribution in [2.24, 2.45) is 0 Å². The molecule has 0 aliphatic heterocycles. The Morgan fingerprint density at radius 3 is 2.59 bits per heavy atom. The molecule has 0 atom stereocenters. The summed E-state index contributed by atoms with van der Waals surface area (Å²) in [6.45, 7) is -0.895. The van der Waals surface area contributed by atoms with Crippen LogP contribution in [0.2, 0.25) is 5.02 Å². The lowest BCUT2D eigenvalue weighted by Gasteiger charge is -2.13. The Hall–Kier alpha value is -2.13. The third-order valence-electron chi connectivity index (χ3n) is 2.46. The number of rotatable bonds is 3. The highest BCUT2D eigenvalue weighted by atomic mass is 35.5. The summed E-state index contributed by atoms with van der Waals surface area (Å²) >= 11 is 5.44. The number of alkyl halides is 3. The van der Waals surface area contributed by atoms with Crippen molar-refractivity contribution in [3.05, 3.63) is 50.9 Å². The molecule has 0 unspecified atom stereocenters. The van der Waals surface area contributed by atoms with E-state index in [0.717, 1.165) is 18.2 Å². The van der Waals surface area contributed by atoms with E-state index in [0.29, 0.717) is 0 Å². The maximum absolute atomic E-state index is 13.3. The number of ether oxygens (including phenoxy) is 1. The quantitative estimate of drug-likeness (QED) is 0.844. The van der Waals surface area contributed by atoms with Crippen molar-refractivity contribution in [1.29, 1.82) is 0 Å². The Bertz CT molecular complexity index is 761. The van der Waals surface area contributed by atoms with E-state index in [4.69, 9.17) is 21.4 Å². The lowest BCUT2D eigenvalue weighted by molar-refractivity contribution is -0.142. The topological polar surface area (TPSA) is 75.2 Å². The number of aromatic nitrogens is 2. The lowest BCUT2D eigenvalue weighted by Crippen LogP contribution is -2.22. The summed E-state index contributed by atoms with van der Waals surface area (Å²) in [5.74, 6) is -3.03. The van der Waals surface area contributed by atoms with Gasteiger partial charge in [0.05, 0.1) is 5.02 Å². The van der Waals surface area contributed by atoms with Gasteiger partial charge in [-0.2, -0.15) is 13.2 Å². The zero-order chi connectivity index (χ0) is 16.5. The van der Waals surface area contributed by atoms with E-state index in [2.05, 4.69) is 4.98 Å². The van der Waals surface area contributed by atoms with E-state index < -0.39 is 41.4 Å². The van der Waals surface area contributed by atoms with Crippen molar-refractivity contribution < 1.29 is 27.4 Å². The zero-order valence-corrected chi connectivity index (χ0v) is 11.3. The first-order chi connectivity index (χ1) is 10.2. The van der Waals surface area contributed by atoms with Crippen LogP contribution in [0.3, 0.4) is 0 Å². The number of aromatic amines is 1. The first-order valence-corrected chi connectivity index (χ1v) is 6.04. The predicted octanol–water partition coefficient (Wildman–Crippen LogP) is 2.87. The van der Waals surface area contributed by atoms with Crippen molar-refractivity contribution in [2.75, 3.05) is 0 Å². The van der Waals surface area contributed by atoms with Gasteiger partial charge < -0.3 is 14.8 Å². The van der Waals surface area contributed by atoms with Crippen LogP contribution >= 0.6 is 11.6 Å². The van der Waals surface area contributed by atoms with Crippen LogP contribution in [0, 0.1) is 5.82 Å². The largest absolute Gasteiger partial charge is 0.449 e. The van der Waals surface area contributed by atoms with E-state index in [9.17, 15) is 22.4 Å². The summed E-state index contributed by atoms with van der Waals surface area (Å²) in [5.41, 5.74) is -2.89. The van der Waals surface area contributed by atoms with Gasteiger partial charge in [-0.3, -0.25) is 4.79 Å². The number of aliphatic hydroxyl groups is 1. The number of nitrogens with one attached hydrogen (secondary N) is 1. The number of hydrogen-bond donors (Lipinski definition) is 2. The molecule has 1 heterocycles. The lowest BCUT2D eigenvalue weighted by atomic mass is 10.3. The second-order valence-corrected chi connectivity index (χ2v) is 4.43.